The first-order chi connectivity index (χ1) is 11.0. The van der Waals surface area contributed by atoms with E-state index in [0.717, 1.165) is 0 Å². The van der Waals surface area contributed by atoms with E-state index in [9.17, 15) is 9.18 Å². The van der Waals surface area contributed by atoms with Gasteiger partial charge in [-0.05, 0) is 48.6 Å². The number of halogens is 2. The van der Waals surface area contributed by atoms with E-state index in [0.29, 0.717) is 26.9 Å². The quantitative estimate of drug-likeness (QED) is 0.648. The zero-order valence-corrected chi connectivity index (χ0v) is 13.8. The van der Waals surface area contributed by atoms with Crippen molar-refractivity contribution in [2.24, 2.45) is 0 Å². The number of anilines is 1. The molecule has 0 atom stereocenters. The minimum Gasteiger partial charge on any atom is -0.465 e. The zero-order valence-electron chi connectivity index (χ0n) is 12.2. The summed E-state index contributed by atoms with van der Waals surface area (Å²) < 4.78 is 18.3. The maximum atomic E-state index is 13.6. The summed E-state index contributed by atoms with van der Waals surface area (Å²) in [6, 6.07) is 11.1. The minimum absolute atomic E-state index is 0.231. The number of nitrogens with one attached hydrogen (secondary N) is 2. The van der Waals surface area contributed by atoms with Crippen LogP contribution in [0.5, 0.6) is 0 Å². The summed E-state index contributed by atoms with van der Waals surface area (Å²) in [5, 5.41) is 6.53. The first kappa shape index (κ1) is 17.2. The van der Waals surface area contributed by atoms with Crippen LogP contribution in [0.15, 0.2) is 42.5 Å². The highest BCUT2D eigenvalue weighted by atomic mass is 35.5. The smallest absolute Gasteiger partial charge is 0.337 e. The number of methoxy groups -OCH3 is 1. The predicted molar refractivity (Wildman–Crippen MR) is 92.3 cm³/mol. The number of benzene rings is 2. The third kappa shape index (κ3) is 4.91. The lowest BCUT2D eigenvalue weighted by molar-refractivity contribution is 0.0601. The molecular weight excluding hydrogens is 339 g/mol. The maximum absolute atomic E-state index is 13.6. The second kappa shape index (κ2) is 7.89. The van der Waals surface area contributed by atoms with Crippen LogP contribution in [-0.2, 0) is 11.3 Å². The molecule has 0 saturated carbocycles. The molecule has 0 spiro atoms. The molecule has 120 valence electrons. The molecule has 2 N–H and O–H groups in total. The van der Waals surface area contributed by atoms with E-state index in [4.69, 9.17) is 23.8 Å². The first-order valence-corrected chi connectivity index (χ1v) is 7.45. The SMILES string of the molecule is COC(=O)c1ccc(NC(=S)NCc2ccc(Cl)cc2F)cc1. The van der Waals surface area contributed by atoms with Gasteiger partial charge < -0.3 is 15.4 Å². The minimum atomic E-state index is -0.407. The molecule has 2 rings (SSSR count). The number of carbonyl (C=O) groups is 1. The fourth-order valence-corrected chi connectivity index (χ4v) is 2.17. The lowest BCUT2D eigenvalue weighted by Gasteiger charge is -2.11. The highest BCUT2D eigenvalue weighted by Crippen LogP contribution is 2.14. The molecule has 0 amide bonds. The molecule has 0 aliphatic rings. The van der Waals surface area contributed by atoms with Gasteiger partial charge in [0.05, 0.1) is 12.7 Å². The summed E-state index contributed by atoms with van der Waals surface area (Å²) in [6.45, 7) is 0.231. The van der Waals surface area contributed by atoms with Crippen LogP contribution in [-0.4, -0.2) is 18.2 Å². The molecule has 0 heterocycles. The third-order valence-electron chi connectivity index (χ3n) is 3.02. The Morgan fingerprint density at radius 3 is 2.57 bits per heavy atom. The van der Waals surface area contributed by atoms with E-state index in [1.54, 1.807) is 36.4 Å². The first-order valence-electron chi connectivity index (χ1n) is 6.67. The third-order valence-corrected chi connectivity index (χ3v) is 3.50. The second-order valence-corrected chi connectivity index (χ2v) is 5.46. The average molecular weight is 353 g/mol. The molecule has 2 aromatic carbocycles. The van der Waals surface area contributed by atoms with Crippen molar-refractivity contribution >= 4 is 40.6 Å². The normalized spacial score (nSPS) is 10.0. The Morgan fingerprint density at radius 2 is 1.96 bits per heavy atom. The molecular formula is C16H14ClFN2O2S. The number of rotatable bonds is 4. The van der Waals surface area contributed by atoms with Crippen LogP contribution >= 0.6 is 23.8 Å². The summed E-state index contributed by atoms with van der Waals surface area (Å²) in [5.74, 6) is -0.800. The lowest BCUT2D eigenvalue weighted by Crippen LogP contribution is -2.28. The summed E-state index contributed by atoms with van der Waals surface area (Å²) in [6.07, 6.45) is 0. The van der Waals surface area contributed by atoms with E-state index in [1.165, 1.54) is 13.2 Å². The molecule has 0 unspecified atom stereocenters. The highest BCUT2D eigenvalue weighted by molar-refractivity contribution is 7.80. The van der Waals surface area contributed by atoms with Gasteiger partial charge in [-0.15, -0.1) is 0 Å². The van der Waals surface area contributed by atoms with Crippen LogP contribution in [0.2, 0.25) is 5.02 Å². The van der Waals surface area contributed by atoms with E-state index in [1.807, 2.05) is 0 Å². The van der Waals surface area contributed by atoms with E-state index < -0.39 is 11.8 Å². The number of thiocarbonyl (C=S) groups is 1. The average Bonchev–Trinajstić information content (AvgIpc) is 2.54. The summed E-state index contributed by atoms with van der Waals surface area (Å²) in [4.78, 5) is 11.3. The van der Waals surface area contributed by atoms with Crippen LogP contribution in [0.25, 0.3) is 0 Å². The van der Waals surface area contributed by atoms with Gasteiger partial charge >= 0.3 is 5.97 Å². The van der Waals surface area contributed by atoms with Gasteiger partial charge in [0.2, 0.25) is 0 Å². The largest absolute Gasteiger partial charge is 0.465 e. The number of carbonyl (C=O) groups excluding carboxylic acids is 1. The molecule has 0 saturated heterocycles. The standard InChI is InChI=1S/C16H14ClFN2O2S/c1-22-15(21)10-3-6-13(7-4-10)20-16(23)19-9-11-2-5-12(17)8-14(11)18/h2-8H,9H2,1H3,(H2,19,20,23). The van der Waals surface area contributed by atoms with Gasteiger partial charge in [0.15, 0.2) is 5.11 Å². The van der Waals surface area contributed by atoms with Crippen molar-refractivity contribution in [1.29, 1.82) is 0 Å². The Kier molecular flexibility index (Phi) is 5.90. The number of hydrogen-bond acceptors (Lipinski definition) is 3. The molecule has 0 aromatic heterocycles. The van der Waals surface area contributed by atoms with Crippen molar-refractivity contribution in [1.82, 2.24) is 5.32 Å². The van der Waals surface area contributed by atoms with Gasteiger partial charge in [0.1, 0.15) is 5.82 Å². The van der Waals surface area contributed by atoms with Crippen LogP contribution in [0.4, 0.5) is 10.1 Å². The Morgan fingerprint density at radius 1 is 1.26 bits per heavy atom. The molecule has 0 aliphatic heterocycles. The van der Waals surface area contributed by atoms with Gasteiger partial charge in [0, 0.05) is 22.8 Å². The van der Waals surface area contributed by atoms with Crippen molar-refractivity contribution in [3.63, 3.8) is 0 Å². The van der Waals surface area contributed by atoms with Crippen molar-refractivity contribution in [2.45, 2.75) is 6.54 Å². The summed E-state index contributed by atoms with van der Waals surface area (Å²) in [5.41, 5.74) is 1.60. The fraction of sp³-hybridized carbons (Fsp3) is 0.125. The maximum Gasteiger partial charge on any atom is 0.337 e. The molecule has 0 fully saturated rings. The number of esters is 1. The van der Waals surface area contributed by atoms with Crippen LogP contribution in [0, 0.1) is 5.82 Å². The van der Waals surface area contributed by atoms with Gasteiger partial charge in [-0.3, -0.25) is 0 Å². The van der Waals surface area contributed by atoms with Gasteiger partial charge in [-0.25, -0.2) is 9.18 Å². The van der Waals surface area contributed by atoms with Crippen molar-refractivity contribution in [3.8, 4) is 0 Å². The molecule has 0 bridgehead atoms. The predicted octanol–water partition coefficient (Wildman–Crippen LogP) is 3.75. The fourth-order valence-electron chi connectivity index (χ4n) is 1.82. The molecule has 0 aliphatic carbocycles. The highest BCUT2D eigenvalue weighted by Gasteiger charge is 2.06. The monoisotopic (exact) mass is 352 g/mol. The number of hydrogen-bond donors (Lipinski definition) is 2. The molecule has 0 radical (unpaired) electrons. The zero-order chi connectivity index (χ0) is 16.8. The molecule has 4 nitrogen and oxygen atoms in total. The van der Waals surface area contributed by atoms with Crippen molar-refractivity contribution in [3.05, 3.63) is 64.4 Å². The Labute approximate surface area is 143 Å². The van der Waals surface area contributed by atoms with Gasteiger partial charge in [-0.1, -0.05) is 17.7 Å². The Bertz CT molecular complexity index is 723. The molecule has 2 aromatic rings. The van der Waals surface area contributed by atoms with Crippen LogP contribution in [0.1, 0.15) is 15.9 Å². The van der Waals surface area contributed by atoms with E-state index in [-0.39, 0.29) is 6.54 Å². The molecule has 23 heavy (non-hydrogen) atoms. The topological polar surface area (TPSA) is 50.4 Å². The summed E-state index contributed by atoms with van der Waals surface area (Å²) in [7, 11) is 1.32. The molecule has 7 heteroatoms. The van der Waals surface area contributed by atoms with Crippen LogP contribution < -0.4 is 10.6 Å². The van der Waals surface area contributed by atoms with Gasteiger partial charge in [0.25, 0.3) is 0 Å². The number of ether oxygens (including phenoxy) is 1. The summed E-state index contributed by atoms with van der Waals surface area (Å²) >= 11 is 10.9. The van der Waals surface area contributed by atoms with Crippen molar-refractivity contribution < 1.29 is 13.9 Å². The Hall–Kier alpha value is -2.18. The second-order valence-electron chi connectivity index (χ2n) is 4.61. The van der Waals surface area contributed by atoms with Crippen molar-refractivity contribution in [2.75, 3.05) is 12.4 Å². The Balaban J connectivity index is 1.90. The van der Waals surface area contributed by atoms with E-state index in [2.05, 4.69) is 15.4 Å². The lowest BCUT2D eigenvalue weighted by atomic mass is 10.2. The van der Waals surface area contributed by atoms with Gasteiger partial charge in [-0.2, -0.15) is 0 Å². The van der Waals surface area contributed by atoms with Crippen LogP contribution in [0.3, 0.4) is 0 Å². The van der Waals surface area contributed by atoms with E-state index >= 15 is 0 Å².